The fourth-order valence-corrected chi connectivity index (χ4v) is 2.05. The second-order valence-electron chi connectivity index (χ2n) is 6.66. The summed E-state index contributed by atoms with van der Waals surface area (Å²) < 4.78 is 0. The van der Waals surface area contributed by atoms with Crippen LogP contribution in [-0.2, 0) is 9.59 Å². The molecule has 4 nitrogen and oxygen atoms in total. The van der Waals surface area contributed by atoms with Gasteiger partial charge in [-0.1, -0.05) is 50.6 Å². The van der Waals surface area contributed by atoms with Crippen LogP contribution in [0.25, 0.3) is 6.08 Å². The number of hydrogen-bond donors (Lipinski definition) is 2. The molecule has 130 valence electrons. The lowest BCUT2D eigenvalue weighted by molar-refractivity contribution is -0.123. The molecule has 0 aliphatic carbocycles. The number of rotatable bonds is 4. The summed E-state index contributed by atoms with van der Waals surface area (Å²) in [5.74, 6) is -0.340. The molecule has 0 aliphatic rings. The minimum atomic E-state index is -0.486. The molecule has 0 fully saturated rings. The number of benzene rings is 2. The molecule has 2 rings (SSSR count). The van der Waals surface area contributed by atoms with E-state index in [2.05, 4.69) is 10.6 Å². The maximum absolute atomic E-state index is 12.0. The Morgan fingerprint density at radius 3 is 2.16 bits per heavy atom. The van der Waals surface area contributed by atoms with Crippen LogP contribution >= 0.6 is 11.6 Å². The molecule has 0 atom stereocenters. The molecule has 0 spiro atoms. The van der Waals surface area contributed by atoms with Gasteiger partial charge in [-0.25, -0.2) is 0 Å². The normalized spacial score (nSPS) is 11.4. The number of nitrogens with one attached hydrogen (secondary N) is 2. The van der Waals surface area contributed by atoms with Gasteiger partial charge in [-0.05, 0) is 42.0 Å². The first-order chi connectivity index (χ1) is 11.7. The smallest absolute Gasteiger partial charge is 0.248 e. The zero-order valence-corrected chi connectivity index (χ0v) is 15.2. The summed E-state index contributed by atoms with van der Waals surface area (Å²) in [5, 5.41) is 6.26. The molecule has 0 unspecified atom stereocenters. The zero-order valence-electron chi connectivity index (χ0n) is 14.5. The van der Waals surface area contributed by atoms with Crippen molar-refractivity contribution in [3.05, 3.63) is 65.2 Å². The lowest BCUT2D eigenvalue weighted by atomic mass is 9.95. The van der Waals surface area contributed by atoms with Crippen LogP contribution < -0.4 is 10.6 Å². The first-order valence-corrected chi connectivity index (χ1v) is 8.28. The summed E-state index contributed by atoms with van der Waals surface area (Å²) in [6.07, 6.45) is 3.15. The van der Waals surface area contributed by atoms with Gasteiger partial charge in [0.15, 0.2) is 0 Å². The van der Waals surface area contributed by atoms with Crippen molar-refractivity contribution >= 4 is 40.9 Å². The van der Waals surface area contributed by atoms with Crippen molar-refractivity contribution < 1.29 is 9.59 Å². The zero-order chi connectivity index (χ0) is 18.4. The Kier molecular flexibility index (Phi) is 5.99. The fraction of sp³-hybridized carbons (Fsp3) is 0.200. The molecule has 2 aromatic rings. The second kappa shape index (κ2) is 7.99. The van der Waals surface area contributed by atoms with Crippen molar-refractivity contribution in [3.63, 3.8) is 0 Å². The second-order valence-corrected chi connectivity index (χ2v) is 7.10. The van der Waals surface area contributed by atoms with E-state index in [-0.39, 0.29) is 11.8 Å². The highest BCUT2D eigenvalue weighted by Crippen LogP contribution is 2.20. The average molecular weight is 357 g/mol. The average Bonchev–Trinajstić information content (AvgIpc) is 2.54. The molecular weight excluding hydrogens is 336 g/mol. The number of carbonyl (C=O) groups is 2. The van der Waals surface area contributed by atoms with Crippen LogP contribution in [0.5, 0.6) is 0 Å². The molecular formula is C20H21ClN2O2. The van der Waals surface area contributed by atoms with Gasteiger partial charge in [-0.15, -0.1) is 0 Å². The minimum Gasteiger partial charge on any atom is -0.326 e. The van der Waals surface area contributed by atoms with Gasteiger partial charge in [-0.3, -0.25) is 9.59 Å². The van der Waals surface area contributed by atoms with Crippen molar-refractivity contribution in [2.24, 2.45) is 5.41 Å². The minimum absolute atomic E-state index is 0.0846. The molecule has 0 aromatic heterocycles. The van der Waals surface area contributed by atoms with Crippen LogP contribution in [0.3, 0.4) is 0 Å². The summed E-state index contributed by atoms with van der Waals surface area (Å²) in [7, 11) is 0. The summed E-state index contributed by atoms with van der Waals surface area (Å²) in [6, 6.07) is 14.2. The molecule has 0 saturated heterocycles. The number of hydrogen-bond acceptors (Lipinski definition) is 2. The van der Waals surface area contributed by atoms with Crippen LogP contribution in [0.4, 0.5) is 11.4 Å². The molecule has 0 saturated carbocycles. The Morgan fingerprint density at radius 1 is 0.960 bits per heavy atom. The lowest BCUT2D eigenvalue weighted by Gasteiger charge is -2.18. The topological polar surface area (TPSA) is 58.2 Å². The van der Waals surface area contributed by atoms with E-state index in [0.717, 1.165) is 5.56 Å². The molecule has 5 heteroatoms. The highest BCUT2D eigenvalue weighted by molar-refractivity contribution is 6.30. The highest BCUT2D eigenvalue weighted by atomic mass is 35.5. The predicted molar refractivity (Wildman–Crippen MR) is 104 cm³/mol. The molecule has 0 heterocycles. The van der Waals surface area contributed by atoms with E-state index in [9.17, 15) is 9.59 Å². The van der Waals surface area contributed by atoms with Crippen molar-refractivity contribution in [1.29, 1.82) is 0 Å². The summed E-state index contributed by atoms with van der Waals surface area (Å²) in [6.45, 7) is 5.53. The molecule has 0 bridgehead atoms. The number of amides is 2. The van der Waals surface area contributed by atoms with E-state index in [1.54, 1.807) is 42.5 Å². The Hall–Kier alpha value is -2.59. The standard InChI is InChI=1S/C20H21ClN2O2/c1-20(2,3)19(25)23-17-6-4-5-16(13-17)22-18(24)12-9-14-7-10-15(21)11-8-14/h4-13H,1-3H3,(H,22,24)(H,23,25). The maximum Gasteiger partial charge on any atom is 0.248 e. The van der Waals surface area contributed by atoms with Crippen molar-refractivity contribution in [3.8, 4) is 0 Å². The summed E-state index contributed by atoms with van der Waals surface area (Å²) >= 11 is 5.83. The number of anilines is 2. The Bertz CT molecular complexity index is 790. The molecule has 2 N–H and O–H groups in total. The molecule has 2 aromatic carbocycles. The number of carbonyl (C=O) groups excluding carboxylic acids is 2. The molecule has 0 aliphatic heterocycles. The van der Waals surface area contributed by atoms with Gasteiger partial charge >= 0.3 is 0 Å². The van der Waals surface area contributed by atoms with Gasteiger partial charge in [0, 0.05) is 27.9 Å². The predicted octanol–water partition coefficient (Wildman–Crippen LogP) is 4.98. The molecule has 0 radical (unpaired) electrons. The maximum atomic E-state index is 12.0. The Balaban J connectivity index is 2.00. The van der Waals surface area contributed by atoms with Gasteiger partial charge in [0.25, 0.3) is 0 Å². The third-order valence-corrected chi connectivity index (χ3v) is 3.62. The quantitative estimate of drug-likeness (QED) is 0.759. The van der Waals surface area contributed by atoms with Gasteiger partial charge in [0.05, 0.1) is 0 Å². The van der Waals surface area contributed by atoms with Crippen LogP contribution in [0.15, 0.2) is 54.6 Å². The van der Waals surface area contributed by atoms with E-state index in [4.69, 9.17) is 11.6 Å². The molecule has 2 amide bonds. The van der Waals surface area contributed by atoms with Gasteiger partial charge < -0.3 is 10.6 Å². The van der Waals surface area contributed by atoms with E-state index in [1.807, 2.05) is 32.9 Å². The van der Waals surface area contributed by atoms with Crippen molar-refractivity contribution in [1.82, 2.24) is 0 Å². The van der Waals surface area contributed by atoms with E-state index >= 15 is 0 Å². The van der Waals surface area contributed by atoms with Crippen LogP contribution in [0, 0.1) is 5.41 Å². The monoisotopic (exact) mass is 356 g/mol. The first kappa shape index (κ1) is 18.7. The van der Waals surface area contributed by atoms with Crippen LogP contribution in [-0.4, -0.2) is 11.8 Å². The first-order valence-electron chi connectivity index (χ1n) is 7.90. The van der Waals surface area contributed by atoms with E-state index in [0.29, 0.717) is 16.4 Å². The summed E-state index contributed by atoms with van der Waals surface area (Å²) in [5.41, 5.74) is 1.64. The van der Waals surface area contributed by atoms with E-state index < -0.39 is 5.41 Å². The fourth-order valence-electron chi connectivity index (χ4n) is 1.92. The SMILES string of the molecule is CC(C)(C)C(=O)Nc1cccc(NC(=O)C=Cc2ccc(Cl)cc2)c1. The Morgan fingerprint density at radius 2 is 1.56 bits per heavy atom. The van der Waals surface area contributed by atoms with Gasteiger partial charge in [0.1, 0.15) is 0 Å². The summed E-state index contributed by atoms with van der Waals surface area (Å²) in [4.78, 5) is 24.1. The van der Waals surface area contributed by atoms with Crippen molar-refractivity contribution in [2.75, 3.05) is 10.6 Å². The van der Waals surface area contributed by atoms with Crippen LogP contribution in [0.1, 0.15) is 26.3 Å². The van der Waals surface area contributed by atoms with Gasteiger partial charge in [0.2, 0.25) is 11.8 Å². The van der Waals surface area contributed by atoms with Crippen LogP contribution in [0.2, 0.25) is 5.02 Å². The third kappa shape index (κ3) is 6.08. The largest absolute Gasteiger partial charge is 0.326 e. The van der Waals surface area contributed by atoms with E-state index in [1.165, 1.54) is 6.08 Å². The lowest BCUT2D eigenvalue weighted by Crippen LogP contribution is -2.27. The number of halogens is 1. The third-order valence-electron chi connectivity index (χ3n) is 3.37. The van der Waals surface area contributed by atoms with Crippen molar-refractivity contribution in [2.45, 2.75) is 20.8 Å². The highest BCUT2D eigenvalue weighted by Gasteiger charge is 2.21. The Labute approximate surface area is 152 Å². The molecule has 25 heavy (non-hydrogen) atoms. The van der Waals surface area contributed by atoms with Gasteiger partial charge in [-0.2, -0.15) is 0 Å².